The molecule has 174 valence electrons. The van der Waals surface area contributed by atoms with Crippen LogP contribution in [-0.2, 0) is 14.4 Å². The second kappa shape index (κ2) is 12.0. The number of halogens is 1. The molecule has 0 bridgehead atoms. The third kappa shape index (κ3) is 7.35. The highest BCUT2D eigenvalue weighted by molar-refractivity contribution is 6.39. The van der Waals surface area contributed by atoms with Gasteiger partial charge in [0.2, 0.25) is 0 Å². The number of hydrazone groups is 1. The van der Waals surface area contributed by atoms with Crippen LogP contribution in [0.15, 0.2) is 77.9 Å². The van der Waals surface area contributed by atoms with Crippen molar-refractivity contribution >= 4 is 46.9 Å². The zero-order chi connectivity index (χ0) is 24.3. The van der Waals surface area contributed by atoms with Gasteiger partial charge in [0.05, 0.1) is 13.3 Å². The number of methoxy groups -OCH3 is 1. The molecule has 3 aromatic rings. The molecule has 0 unspecified atom stereocenters. The number of nitrogens with one attached hydrogen (secondary N) is 3. The van der Waals surface area contributed by atoms with E-state index < -0.39 is 11.8 Å². The maximum atomic E-state index is 12.2. The average Bonchev–Trinajstić information content (AvgIpc) is 2.83. The minimum absolute atomic E-state index is 0.257. The lowest BCUT2D eigenvalue weighted by molar-refractivity contribution is -0.136. The van der Waals surface area contributed by atoms with Crippen LogP contribution in [0.25, 0.3) is 0 Å². The van der Waals surface area contributed by atoms with Crippen LogP contribution in [0.3, 0.4) is 0 Å². The highest BCUT2D eigenvalue weighted by atomic mass is 35.5. The lowest BCUT2D eigenvalue weighted by atomic mass is 10.2. The molecule has 3 aromatic carbocycles. The smallest absolute Gasteiger partial charge is 0.329 e. The number of carbonyl (C=O) groups excluding carboxylic acids is 3. The Labute approximate surface area is 200 Å². The number of nitrogens with zero attached hydrogens (tertiary/aromatic N) is 1. The summed E-state index contributed by atoms with van der Waals surface area (Å²) in [6.45, 7) is -0.257. The fourth-order valence-corrected chi connectivity index (χ4v) is 2.92. The van der Waals surface area contributed by atoms with Gasteiger partial charge in [-0.3, -0.25) is 14.4 Å². The first-order chi connectivity index (χ1) is 16.4. The predicted molar refractivity (Wildman–Crippen MR) is 129 cm³/mol. The Balaban J connectivity index is 1.53. The summed E-state index contributed by atoms with van der Waals surface area (Å²) in [5.74, 6) is -1.33. The molecule has 0 aromatic heterocycles. The third-order valence-electron chi connectivity index (χ3n) is 4.29. The normalized spacial score (nSPS) is 10.4. The predicted octanol–water partition coefficient (Wildman–Crippen LogP) is 3.45. The van der Waals surface area contributed by atoms with E-state index in [1.54, 1.807) is 72.8 Å². The number of benzene rings is 3. The first kappa shape index (κ1) is 24.3. The minimum Gasteiger partial charge on any atom is -0.497 e. The van der Waals surface area contributed by atoms with Crippen molar-refractivity contribution < 1.29 is 23.9 Å². The number of carbonyl (C=O) groups is 3. The van der Waals surface area contributed by atoms with E-state index in [4.69, 9.17) is 21.1 Å². The first-order valence-corrected chi connectivity index (χ1v) is 10.4. The summed E-state index contributed by atoms with van der Waals surface area (Å²) < 4.78 is 10.6. The van der Waals surface area contributed by atoms with Gasteiger partial charge in [-0.1, -0.05) is 35.9 Å². The molecular weight excluding hydrogens is 460 g/mol. The monoisotopic (exact) mass is 480 g/mol. The number of para-hydroxylation sites is 1. The second-order valence-electron chi connectivity index (χ2n) is 6.77. The number of hydrogen-bond acceptors (Lipinski definition) is 6. The van der Waals surface area contributed by atoms with Crippen LogP contribution in [0.5, 0.6) is 11.5 Å². The zero-order valence-corrected chi connectivity index (χ0v) is 18.8. The lowest BCUT2D eigenvalue weighted by Crippen LogP contribution is -2.32. The molecule has 10 heteroatoms. The molecule has 3 N–H and O–H groups in total. The van der Waals surface area contributed by atoms with Gasteiger partial charge in [0.1, 0.15) is 11.5 Å². The highest BCUT2D eigenvalue weighted by Gasteiger charge is 2.13. The fraction of sp³-hybridized carbons (Fsp3) is 0.0833. The molecule has 9 nitrogen and oxygen atoms in total. The van der Waals surface area contributed by atoms with E-state index in [2.05, 4.69) is 21.2 Å². The van der Waals surface area contributed by atoms with Gasteiger partial charge in [-0.15, -0.1) is 0 Å². The van der Waals surface area contributed by atoms with Crippen molar-refractivity contribution in [3.05, 3.63) is 83.4 Å². The molecule has 3 rings (SSSR count). The van der Waals surface area contributed by atoms with E-state index in [1.165, 1.54) is 13.3 Å². The van der Waals surface area contributed by atoms with Gasteiger partial charge >= 0.3 is 11.8 Å². The maximum Gasteiger partial charge on any atom is 0.329 e. The fourth-order valence-electron chi connectivity index (χ4n) is 2.73. The van der Waals surface area contributed by atoms with Gasteiger partial charge in [0.15, 0.2) is 6.61 Å². The van der Waals surface area contributed by atoms with Crippen LogP contribution in [0.1, 0.15) is 5.56 Å². The number of anilines is 2. The van der Waals surface area contributed by atoms with Gasteiger partial charge in [-0.2, -0.15) is 5.10 Å². The molecule has 0 radical (unpaired) electrons. The Hall–Kier alpha value is -4.37. The Morgan fingerprint density at radius 3 is 2.41 bits per heavy atom. The van der Waals surface area contributed by atoms with Crippen molar-refractivity contribution in [2.75, 3.05) is 24.4 Å². The average molecular weight is 481 g/mol. The van der Waals surface area contributed by atoms with Gasteiger partial charge in [0.25, 0.3) is 5.91 Å². The van der Waals surface area contributed by atoms with Crippen LogP contribution < -0.4 is 25.5 Å². The Morgan fingerprint density at radius 1 is 0.912 bits per heavy atom. The van der Waals surface area contributed by atoms with E-state index in [1.807, 2.05) is 0 Å². The molecule has 0 aliphatic carbocycles. The number of ether oxygens (including phenoxy) is 2. The molecule has 0 saturated heterocycles. The zero-order valence-electron chi connectivity index (χ0n) is 18.1. The molecule has 34 heavy (non-hydrogen) atoms. The van der Waals surface area contributed by atoms with Crippen LogP contribution in [-0.4, -0.2) is 37.7 Å². The molecule has 0 saturated carbocycles. The number of hydrogen-bond donors (Lipinski definition) is 3. The topological polar surface area (TPSA) is 118 Å². The molecule has 3 amide bonds. The summed E-state index contributed by atoms with van der Waals surface area (Å²) in [7, 11) is 1.50. The van der Waals surface area contributed by atoms with E-state index in [9.17, 15) is 14.4 Å². The van der Waals surface area contributed by atoms with Gasteiger partial charge in [0, 0.05) is 28.0 Å². The van der Waals surface area contributed by atoms with Gasteiger partial charge in [-0.05, 0) is 42.5 Å². The Morgan fingerprint density at radius 2 is 1.65 bits per heavy atom. The van der Waals surface area contributed by atoms with Gasteiger partial charge in [-0.25, -0.2) is 5.43 Å². The van der Waals surface area contributed by atoms with Crippen molar-refractivity contribution in [1.82, 2.24) is 5.43 Å². The molecule has 0 aliphatic heterocycles. The van der Waals surface area contributed by atoms with E-state index in [0.29, 0.717) is 33.5 Å². The Kier molecular flexibility index (Phi) is 8.59. The summed E-state index contributed by atoms with van der Waals surface area (Å²) in [5, 5.41) is 9.43. The van der Waals surface area contributed by atoms with Gasteiger partial charge < -0.3 is 20.1 Å². The lowest BCUT2D eigenvalue weighted by Gasteiger charge is -2.10. The maximum absolute atomic E-state index is 12.2. The third-order valence-corrected chi connectivity index (χ3v) is 4.52. The molecule has 0 heterocycles. The van der Waals surface area contributed by atoms with E-state index >= 15 is 0 Å². The number of rotatable bonds is 8. The molecule has 0 aliphatic rings. The highest BCUT2D eigenvalue weighted by Crippen LogP contribution is 2.18. The first-order valence-electron chi connectivity index (χ1n) is 10.0. The van der Waals surface area contributed by atoms with Crippen LogP contribution in [0.2, 0.25) is 5.02 Å². The molecular formula is C24H21ClN4O5. The van der Waals surface area contributed by atoms with E-state index in [0.717, 1.165) is 0 Å². The van der Waals surface area contributed by atoms with Crippen LogP contribution in [0.4, 0.5) is 11.4 Å². The second-order valence-corrected chi connectivity index (χ2v) is 7.21. The summed E-state index contributed by atoms with van der Waals surface area (Å²) >= 11 is 5.91. The standard InChI is InChI=1S/C24H21ClN4O5/c1-33-20-10-5-9-19(13-20)28-23(31)24(32)29-26-14-16-6-2-3-11-21(16)34-15-22(30)27-18-8-4-7-17(25)12-18/h2-14H,15H2,1H3,(H,27,30)(H,28,31)(H,29,32)/b26-14-. The van der Waals surface area contributed by atoms with Crippen LogP contribution in [0, 0.1) is 0 Å². The van der Waals surface area contributed by atoms with Crippen molar-refractivity contribution in [3.63, 3.8) is 0 Å². The molecule has 0 spiro atoms. The summed E-state index contributed by atoms with van der Waals surface area (Å²) in [4.78, 5) is 36.2. The molecule has 0 fully saturated rings. The van der Waals surface area contributed by atoms with Crippen molar-refractivity contribution in [1.29, 1.82) is 0 Å². The van der Waals surface area contributed by atoms with Crippen molar-refractivity contribution in [3.8, 4) is 11.5 Å². The summed E-state index contributed by atoms with van der Waals surface area (Å²) in [5.41, 5.74) is 3.59. The van der Waals surface area contributed by atoms with Crippen LogP contribution >= 0.6 is 11.6 Å². The van der Waals surface area contributed by atoms with E-state index in [-0.39, 0.29) is 12.5 Å². The Bertz CT molecular complexity index is 1220. The van der Waals surface area contributed by atoms with Crippen molar-refractivity contribution in [2.24, 2.45) is 5.10 Å². The molecule has 0 atom stereocenters. The largest absolute Gasteiger partial charge is 0.497 e. The minimum atomic E-state index is -0.960. The number of amides is 3. The summed E-state index contributed by atoms with van der Waals surface area (Å²) in [6.07, 6.45) is 1.31. The SMILES string of the molecule is COc1cccc(NC(=O)C(=O)N/N=C\c2ccccc2OCC(=O)Nc2cccc(Cl)c2)c1. The van der Waals surface area contributed by atoms with Crippen molar-refractivity contribution in [2.45, 2.75) is 0 Å². The summed E-state index contributed by atoms with van der Waals surface area (Å²) in [6, 6.07) is 20.1. The quantitative estimate of drug-likeness (QED) is 0.259.